The topological polar surface area (TPSA) is 81.1 Å². The van der Waals surface area contributed by atoms with Gasteiger partial charge in [-0.2, -0.15) is 0 Å². The SMILES string of the molecule is CCC(=O)C1=C(O)C(=O)N(c2cc(C)ccc2O)C1c1ccc(N(CC)CC)cc1. The molecule has 0 fully saturated rings. The van der Waals surface area contributed by atoms with Crippen LogP contribution in [-0.4, -0.2) is 35.0 Å². The molecule has 0 saturated heterocycles. The van der Waals surface area contributed by atoms with Crippen molar-refractivity contribution in [3.63, 3.8) is 0 Å². The Morgan fingerprint density at radius 2 is 1.67 bits per heavy atom. The fraction of sp³-hybridized carbons (Fsp3) is 0.333. The first-order valence-electron chi connectivity index (χ1n) is 10.3. The summed E-state index contributed by atoms with van der Waals surface area (Å²) in [4.78, 5) is 29.2. The number of nitrogens with zero attached hydrogens (tertiary/aromatic N) is 2. The van der Waals surface area contributed by atoms with Gasteiger partial charge in [-0.25, -0.2) is 0 Å². The van der Waals surface area contributed by atoms with Gasteiger partial charge in [-0.15, -0.1) is 0 Å². The van der Waals surface area contributed by atoms with E-state index < -0.39 is 17.7 Å². The van der Waals surface area contributed by atoms with Crippen LogP contribution in [0.5, 0.6) is 5.75 Å². The van der Waals surface area contributed by atoms with Crippen LogP contribution in [0.3, 0.4) is 0 Å². The van der Waals surface area contributed by atoms with Gasteiger partial charge in [0.2, 0.25) is 0 Å². The Balaban J connectivity index is 2.15. The van der Waals surface area contributed by atoms with E-state index in [0.717, 1.165) is 24.3 Å². The standard InChI is InChI=1S/C24H28N2O4/c1-5-19(27)21-22(16-9-11-17(12-10-16)25(6-2)7-3)26(24(30)23(21)29)18-14-15(4)8-13-20(18)28/h8-14,22,28-29H,5-7H2,1-4H3. The number of hydrogen-bond donors (Lipinski definition) is 2. The molecule has 1 heterocycles. The number of hydrogen-bond acceptors (Lipinski definition) is 5. The summed E-state index contributed by atoms with van der Waals surface area (Å²) in [7, 11) is 0. The zero-order valence-corrected chi connectivity index (χ0v) is 17.8. The number of ketones is 1. The molecule has 0 aromatic heterocycles. The van der Waals surface area contributed by atoms with Crippen LogP contribution in [0.25, 0.3) is 0 Å². The third-order valence-corrected chi connectivity index (χ3v) is 5.56. The molecule has 30 heavy (non-hydrogen) atoms. The van der Waals surface area contributed by atoms with E-state index in [1.807, 2.05) is 31.2 Å². The van der Waals surface area contributed by atoms with Gasteiger partial charge < -0.3 is 15.1 Å². The Kier molecular flexibility index (Phi) is 6.15. The molecule has 1 amide bonds. The van der Waals surface area contributed by atoms with E-state index in [2.05, 4.69) is 18.7 Å². The molecule has 3 rings (SSSR count). The second-order valence-corrected chi connectivity index (χ2v) is 7.37. The largest absolute Gasteiger partial charge is 0.506 e. The molecule has 1 atom stereocenters. The first-order chi connectivity index (χ1) is 14.3. The predicted molar refractivity (Wildman–Crippen MR) is 118 cm³/mol. The van der Waals surface area contributed by atoms with Crippen LogP contribution in [0, 0.1) is 6.92 Å². The molecule has 2 N–H and O–H groups in total. The van der Waals surface area contributed by atoms with Crippen molar-refractivity contribution in [3.8, 4) is 5.75 Å². The third kappa shape index (κ3) is 3.65. The van der Waals surface area contributed by atoms with Crippen LogP contribution in [0.4, 0.5) is 11.4 Å². The van der Waals surface area contributed by atoms with Crippen molar-refractivity contribution in [3.05, 3.63) is 64.9 Å². The molecule has 0 spiro atoms. The molecular weight excluding hydrogens is 380 g/mol. The van der Waals surface area contributed by atoms with Gasteiger partial charge >= 0.3 is 0 Å². The molecule has 2 aromatic rings. The normalized spacial score (nSPS) is 16.3. The van der Waals surface area contributed by atoms with Gasteiger partial charge in [0.1, 0.15) is 5.75 Å². The number of anilines is 2. The second kappa shape index (κ2) is 8.61. The number of rotatable bonds is 7. The zero-order chi connectivity index (χ0) is 22.0. The summed E-state index contributed by atoms with van der Waals surface area (Å²) >= 11 is 0. The highest BCUT2D eigenvalue weighted by atomic mass is 16.3. The number of carbonyl (C=O) groups is 2. The minimum absolute atomic E-state index is 0.0685. The van der Waals surface area contributed by atoms with E-state index in [9.17, 15) is 19.8 Å². The van der Waals surface area contributed by atoms with Crippen molar-refractivity contribution in [2.75, 3.05) is 22.9 Å². The van der Waals surface area contributed by atoms with Gasteiger partial charge in [-0.1, -0.05) is 25.1 Å². The van der Waals surface area contributed by atoms with E-state index in [-0.39, 0.29) is 29.2 Å². The summed E-state index contributed by atoms with van der Waals surface area (Å²) in [6.07, 6.45) is 0.161. The summed E-state index contributed by atoms with van der Waals surface area (Å²) in [5.74, 6) is -1.63. The number of aliphatic hydroxyl groups is 1. The maximum atomic E-state index is 13.0. The van der Waals surface area contributed by atoms with Crippen molar-refractivity contribution >= 4 is 23.1 Å². The van der Waals surface area contributed by atoms with Crippen LogP contribution in [0.1, 0.15) is 44.4 Å². The predicted octanol–water partition coefficient (Wildman–Crippen LogP) is 4.43. The number of carbonyl (C=O) groups excluding carboxylic acids is 2. The molecule has 158 valence electrons. The molecule has 2 aromatic carbocycles. The summed E-state index contributed by atoms with van der Waals surface area (Å²) in [6.45, 7) is 9.42. The molecule has 0 aliphatic carbocycles. The van der Waals surface area contributed by atoms with Gasteiger partial charge in [-0.3, -0.25) is 14.5 Å². The Morgan fingerprint density at radius 3 is 2.23 bits per heavy atom. The summed E-state index contributed by atoms with van der Waals surface area (Å²) in [6, 6.07) is 11.8. The highest BCUT2D eigenvalue weighted by Crippen LogP contribution is 2.44. The Hall–Kier alpha value is -3.28. The first kappa shape index (κ1) is 21.4. The second-order valence-electron chi connectivity index (χ2n) is 7.37. The van der Waals surface area contributed by atoms with Crippen LogP contribution >= 0.6 is 0 Å². The highest BCUT2D eigenvalue weighted by Gasteiger charge is 2.44. The van der Waals surface area contributed by atoms with E-state index in [0.29, 0.717) is 5.56 Å². The van der Waals surface area contributed by atoms with E-state index in [1.165, 1.54) is 11.0 Å². The number of Topliss-reactive ketones (excluding diaryl/α,β-unsaturated/α-hetero) is 1. The van der Waals surface area contributed by atoms with Crippen molar-refractivity contribution < 1.29 is 19.8 Å². The van der Waals surface area contributed by atoms with Crippen molar-refractivity contribution in [2.24, 2.45) is 0 Å². The van der Waals surface area contributed by atoms with Crippen molar-refractivity contribution in [2.45, 2.75) is 40.2 Å². The van der Waals surface area contributed by atoms with Gasteiger partial charge in [0.15, 0.2) is 11.5 Å². The molecule has 6 heteroatoms. The lowest BCUT2D eigenvalue weighted by Gasteiger charge is -2.28. The minimum atomic E-state index is -0.802. The number of aromatic hydroxyl groups is 1. The van der Waals surface area contributed by atoms with Crippen LogP contribution in [0.15, 0.2) is 53.8 Å². The third-order valence-electron chi connectivity index (χ3n) is 5.56. The summed E-state index contributed by atoms with van der Waals surface area (Å²) in [5, 5.41) is 21.0. The van der Waals surface area contributed by atoms with Gasteiger partial charge in [0.05, 0.1) is 17.3 Å². The average molecular weight is 408 g/mol. The first-order valence-corrected chi connectivity index (χ1v) is 10.3. The van der Waals surface area contributed by atoms with Gasteiger partial charge in [0.25, 0.3) is 5.91 Å². The van der Waals surface area contributed by atoms with Gasteiger partial charge in [-0.05, 0) is 56.2 Å². The Labute approximate surface area is 177 Å². The lowest BCUT2D eigenvalue weighted by atomic mass is 9.94. The van der Waals surface area contributed by atoms with Crippen molar-refractivity contribution in [1.82, 2.24) is 0 Å². The number of amides is 1. The molecule has 0 saturated carbocycles. The molecular formula is C24H28N2O4. The lowest BCUT2D eigenvalue weighted by Crippen LogP contribution is -2.31. The highest BCUT2D eigenvalue weighted by molar-refractivity contribution is 6.16. The van der Waals surface area contributed by atoms with Crippen molar-refractivity contribution in [1.29, 1.82) is 0 Å². The number of benzene rings is 2. The average Bonchev–Trinajstić information content (AvgIpc) is 3.01. The quantitative estimate of drug-likeness (QED) is 0.709. The van der Waals surface area contributed by atoms with E-state index in [4.69, 9.17) is 0 Å². The van der Waals surface area contributed by atoms with E-state index in [1.54, 1.807) is 19.1 Å². The number of phenolic OH excluding ortho intramolecular Hbond substituents is 1. The fourth-order valence-electron chi connectivity index (χ4n) is 3.93. The van der Waals surface area contributed by atoms with Gasteiger partial charge in [0, 0.05) is 25.2 Å². The minimum Gasteiger partial charge on any atom is -0.506 e. The molecule has 1 unspecified atom stereocenters. The monoisotopic (exact) mass is 408 g/mol. The molecule has 6 nitrogen and oxygen atoms in total. The van der Waals surface area contributed by atoms with Crippen LogP contribution < -0.4 is 9.80 Å². The smallest absolute Gasteiger partial charge is 0.294 e. The summed E-state index contributed by atoms with van der Waals surface area (Å²) < 4.78 is 0. The van der Waals surface area contributed by atoms with E-state index >= 15 is 0 Å². The molecule has 1 aliphatic rings. The number of aryl methyl sites for hydroxylation is 1. The maximum absolute atomic E-state index is 13.0. The summed E-state index contributed by atoms with van der Waals surface area (Å²) in [5.41, 5.74) is 2.92. The lowest BCUT2D eigenvalue weighted by molar-refractivity contribution is -0.118. The molecule has 1 aliphatic heterocycles. The maximum Gasteiger partial charge on any atom is 0.294 e. The molecule has 0 radical (unpaired) electrons. The number of aliphatic hydroxyl groups excluding tert-OH is 1. The Bertz CT molecular complexity index is 991. The van der Waals surface area contributed by atoms with Crippen LogP contribution in [-0.2, 0) is 9.59 Å². The Morgan fingerprint density at radius 1 is 1.03 bits per heavy atom. The fourth-order valence-corrected chi connectivity index (χ4v) is 3.93. The van der Waals surface area contributed by atoms with Crippen LogP contribution in [0.2, 0.25) is 0 Å². The zero-order valence-electron chi connectivity index (χ0n) is 17.8. The number of phenols is 1. The molecule has 0 bridgehead atoms.